The zero-order valence-corrected chi connectivity index (χ0v) is 9.22. The molecule has 1 aromatic rings. The van der Waals surface area contributed by atoms with Crippen molar-refractivity contribution in [3.8, 4) is 0 Å². The third-order valence-corrected chi connectivity index (χ3v) is 3.72. The highest BCUT2D eigenvalue weighted by molar-refractivity contribution is 6.31. The molecule has 2 rings (SSSR count). The Morgan fingerprint density at radius 3 is 3.00 bits per heavy atom. The first kappa shape index (κ1) is 10.0. The predicted molar refractivity (Wildman–Crippen MR) is 60.7 cm³/mol. The molecule has 0 aromatic heterocycles. The molecular weight excluding hydrogens is 194 g/mol. The number of hydrogen-bond donors (Lipinski definition) is 1. The summed E-state index contributed by atoms with van der Waals surface area (Å²) in [6.07, 6.45) is 2.33. The van der Waals surface area contributed by atoms with Crippen LogP contribution in [0.3, 0.4) is 0 Å². The van der Waals surface area contributed by atoms with Gasteiger partial charge in [-0.1, -0.05) is 30.7 Å². The Bertz CT molecular complexity index is 335. The van der Waals surface area contributed by atoms with Gasteiger partial charge in [0.25, 0.3) is 0 Å². The first-order valence-electron chi connectivity index (χ1n) is 5.21. The second-order valence-electron chi connectivity index (χ2n) is 4.14. The summed E-state index contributed by atoms with van der Waals surface area (Å²) in [5.74, 6) is 1.11. The molecule has 0 spiro atoms. The Hall–Kier alpha value is -0.530. The van der Waals surface area contributed by atoms with Crippen molar-refractivity contribution in [1.29, 1.82) is 0 Å². The van der Waals surface area contributed by atoms with Gasteiger partial charge in [-0.3, -0.25) is 0 Å². The molecule has 14 heavy (non-hydrogen) atoms. The van der Waals surface area contributed by atoms with E-state index >= 15 is 0 Å². The van der Waals surface area contributed by atoms with Gasteiger partial charge in [0.1, 0.15) is 0 Å². The highest BCUT2D eigenvalue weighted by Gasteiger charge is 2.26. The molecule has 2 N–H and O–H groups in total. The molecule has 0 aliphatic heterocycles. The molecule has 1 aliphatic rings. The fourth-order valence-electron chi connectivity index (χ4n) is 2.46. The molecule has 1 aliphatic carbocycles. The highest BCUT2D eigenvalue weighted by atomic mass is 35.5. The number of benzene rings is 1. The maximum atomic E-state index is 6.22. The lowest BCUT2D eigenvalue weighted by Gasteiger charge is -2.31. The Balaban J connectivity index is 2.43. The first-order chi connectivity index (χ1) is 6.74. The minimum atomic E-state index is 0.512. The smallest absolute Gasteiger partial charge is 0.0443 e. The van der Waals surface area contributed by atoms with Crippen LogP contribution in [0.5, 0.6) is 0 Å². The summed E-state index contributed by atoms with van der Waals surface area (Å²) in [5.41, 5.74) is 8.50. The van der Waals surface area contributed by atoms with E-state index in [9.17, 15) is 0 Å². The number of nitrogens with two attached hydrogens (primary N) is 1. The minimum Gasteiger partial charge on any atom is -0.330 e. The minimum absolute atomic E-state index is 0.512. The van der Waals surface area contributed by atoms with Gasteiger partial charge in [0.15, 0.2) is 0 Å². The largest absolute Gasteiger partial charge is 0.330 e. The maximum absolute atomic E-state index is 6.22. The SMILES string of the molecule is CC1c2c(Cl)cccc2CCC1CN. The zero-order chi connectivity index (χ0) is 10.1. The fourth-order valence-corrected chi connectivity index (χ4v) is 2.82. The van der Waals surface area contributed by atoms with E-state index in [0.717, 1.165) is 18.0 Å². The van der Waals surface area contributed by atoms with E-state index in [0.29, 0.717) is 11.8 Å². The van der Waals surface area contributed by atoms with Crippen molar-refractivity contribution >= 4 is 11.6 Å². The summed E-state index contributed by atoms with van der Waals surface area (Å²) in [7, 11) is 0. The van der Waals surface area contributed by atoms with Crippen LogP contribution in [0.1, 0.15) is 30.4 Å². The van der Waals surface area contributed by atoms with Crippen LogP contribution >= 0.6 is 11.6 Å². The monoisotopic (exact) mass is 209 g/mol. The number of fused-ring (bicyclic) bond motifs is 1. The molecule has 76 valence electrons. The Morgan fingerprint density at radius 1 is 1.50 bits per heavy atom. The summed E-state index contributed by atoms with van der Waals surface area (Å²) in [5, 5.41) is 0.910. The van der Waals surface area contributed by atoms with Crippen molar-refractivity contribution < 1.29 is 0 Å². The molecule has 0 amide bonds. The second-order valence-corrected chi connectivity index (χ2v) is 4.54. The number of hydrogen-bond acceptors (Lipinski definition) is 1. The first-order valence-corrected chi connectivity index (χ1v) is 5.59. The highest BCUT2D eigenvalue weighted by Crippen LogP contribution is 2.39. The second kappa shape index (κ2) is 3.92. The summed E-state index contributed by atoms with van der Waals surface area (Å²) in [4.78, 5) is 0. The van der Waals surface area contributed by atoms with Gasteiger partial charge in [-0.2, -0.15) is 0 Å². The molecule has 0 saturated carbocycles. The van der Waals surface area contributed by atoms with E-state index in [2.05, 4.69) is 13.0 Å². The van der Waals surface area contributed by atoms with Gasteiger partial charge in [-0.25, -0.2) is 0 Å². The molecule has 0 radical (unpaired) electrons. The molecule has 0 saturated heterocycles. The number of aryl methyl sites for hydroxylation is 1. The zero-order valence-electron chi connectivity index (χ0n) is 8.46. The van der Waals surface area contributed by atoms with Crippen molar-refractivity contribution in [3.63, 3.8) is 0 Å². The van der Waals surface area contributed by atoms with Gasteiger partial charge in [0.05, 0.1) is 0 Å². The van der Waals surface area contributed by atoms with Crippen molar-refractivity contribution in [2.24, 2.45) is 11.7 Å². The normalized spacial score (nSPS) is 25.9. The van der Waals surface area contributed by atoms with Gasteiger partial charge < -0.3 is 5.73 Å². The Morgan fingerprint density at radius 2 is 2.29 bits per heavy atom. The molecule has 1 nitrogen and oxygen atoms in total. The van der Waals surface area contributed by atoms with Gasteiger partial charge >= 0.3 is 0 Å². The van der Waals surface area contributed by atoms with Gasteiger partial charge in [-0.05, 0) is 48.4 Å². The van der Waals surface area contributed by atoms with Crippen molar-refractivity contribution in [2.45, 2.75) is 25.7 Å². The average molecular weight is 210 g/mol. The average Bonchev–Trinajstić information content (AvgIpc) is 2.18. The van der Waals surface area contributed by atoms with Crippen LogP contribution < -0.4 is 5.73 Å². The van der Waals surface area contributed by atoms with Crippen LogP contribution in [0.15, 0.2) is 18.2 Å². The van der Waals surface area contributed by atoms with Gasteiger partial charge in [-0.15, -0.1) is 0 Å². The summed E-state index contributed by atoms with van der Waals surface area (Å²) >= 11 is 6.22. The third-order valence-electron chi connectivity index (χ3n) is 3.39. The lowest BCUT2D eigenvalue weighted by atomic mass is 9.76. The molecule has 0 heterocycles. The molecule has 2 unspecified atom stereocenters. The van der Waals surface area contributed by atoms with Crippen LogP contribution in [0.4, 0.5) is 0 Å². The van der Waals surface area contributed by atoms with Crippen LogP contribution in [-0.4, -0.2) is 6.54 Å². The molecule has 2 heteroatoms. The van der Waals surface area contributed by atoms with Crippen LogP contribution in [0.25, 0.3) is 0 Å². The van der Waals surface area contributed by atoms with E-state index < -0.39 is 0 Å². The third kappa shape index (κ3) is 1.55. The topological polar surface area (TPSA) is 26.0 Å². The van der Waals surface area contributed by atoms with Crippen molar-refractivity contribution in [2.75, 3.05) is 6.54 Å². The summed E-state index contributed by atoms with van der Waals surface area (Å²) in [6.45, 7) is 3.01. The Labute approximate surface area is 90.3 Å². The standard InChI is InChI=1S/C12H16ClN/c1-8-10(7-14)6-5-9-3-2-4-11(13)12(8)9/h2-4,8,10H,5-7,14H2,1H3. The van der Waals surface area contributed by atoms with Gasteiger partial charge in [0, 0.05) is 5.02 Å². The van der Waals surface area contributed by atoms with E-state index in [-0.39, 0.29) is 0 Å². The van der Waals surface area contributed by atoms with Gasteiger partial charge in [0.2, 0.25) is 0 Å². The van der Waals surface area contributed by atoms with Crippen LogP contribution in [-0.2, 0) is 6.42 Å². The van der Waals surface area contributed by atoms with E-state index in [4.69, 9.17) is 17.3 Å². The molecule has 1 aromatic carbocycles. The van der Waals surface area contributed by atoms with E-state index in [1.807, 2.05) is 12.1 Å². The summed E-state index contributed by atoms with van der Waals surface area (Å²) in [6, 6.07) is 6.21. The lowest BCUT2D eigenvalue weighted by Crippen LogP contribution is -2.25. The Kier molecular flexibility index (Phi) is 2.80. The van der Waals surface area contributed by atoms with Crippen molar-refractivity contribution in [3.05, 3.63) is 34.3 Å². The summed E-state index contributed by atoms with van der Waals surface area (Å²) < 4.78 is 0. The predicted octanol–water partition coefficient (Wildman–Crippen LogP) is 2.96. The molecule has 0 bridgehead atoms. The fraction of sp³-hybridized carbons (Fsp3) is 0.500. The molecule has 0 fully saturated rings. The van der Waals surface area contributed by atoms with Crippen LogP contribution in [0.2, 0.25) is 5.02 Å². The number of rotatable bonds is 1. The molecular formula is C12H16ClN. The van der Waals surface area contributed by atoms with Crippen LogP contribution in [0, 0.1) is 5.92 Å². The van der Waals surface area contributed by atoms with Crippen molar-refractivity contribution in [1.82, 2.24) is 0 Å². The lowest BCUT2D eigenvalue weighted by molar-refractivity contribution is 0.401. The maximum Gasteiger partial charge on any atom is 0.0443 e. The number of halogens is 1. The quantitative estimate of drug-likeness (QED) is 0.756. The van der Waals surface area contributed by atoms with E-state index in [1.54, 1.807) is 0 Å². The molecule has 2 atom stereocenters. The van der Waals surface area contributed by atoms with E-state index in [1.165, 1.54) is 17.5 Å².